The van der Waals surface area contributed by atoms with E-state index in [-0.39, 0.29) is 18.1 Å². The number of sulfonamides is 1. The SMILES string of the molecule is COC(=O)CCCS(=O)(=O)NCCSC. The maximum atomic E-state index is 11.3. The summed E-state index contributed by atoms with van der Waals surface area (Å²) in [6, 6.07) is 0. The van der Waals surface area contributed by atoms with Crippen LogP contribution in [0.25, 0.3) is 0 Å². The van der Waals surface area contributed by atoms with E-state index in [1.807, 2.05) is 6.26 Å². The summed E-state index contributed by atoms with van der Waals surface area (Å²) < 4.78 is 29.5. The van der Waals surface area contributed by atoms with Crippen LogP contribution < -0.4 is 4.72 Å². The molecule has 90 valence electrons. The summed E-state index contributed by atoms with van der Waals surface area (Å²) in [5, 5.41) is 0. The van der Waals surface area contributed by atoms with Gasteiger partial charge in [-0.05, 0) is 12.7 Å². The van der Waals surface area contributed by atoms with E-state index in [2.05, 4.69) is 9.46 Å². The van der Waals surface area contributed by atoms with Crippen LogP contribution in [0.2, 0.25) is 0 Å². The first-order chi connectivity index (χ1) is 7.02. The average Bonchev–Trinajstić information content (AvgIpc) is 2.17. The van der Waals surface area contributed by atoms with Crippen molar-refractivity contribution in [2.24, 2.45) is 0 Å². The molecule has 15 heavy (non-hydrogen) atoms. The third-order valence-corrected chi connectivity index (χ3v) is 3.73. The number of hydrogen-bond donors (Lipinski definition) is 1. The molecule has 0 fully saturated rings. The Morgan fingerprint density at radius 3 is 2.67 bits per heavy atom. The van der Waals surface area contributed by atoms with Gasteiger partial charge in [-0.3, -0.25) is 4.79 Å². The van der Waals surface area contributed by atoms with Crippen LogP contribution in [0.15, 0.2) is 0 Å². The molecule has 0 radical (unpaired) electrons. The summed E-state index contributed by atoms with van der Waals surface area (Å²) >= 11 is 1.57. The van der Waals surface area contributed by atoms with Gasteiger partial charge in [-0.15, -0.1) is 0 Å². The lowest BCUT2D eigenvalue weighted by molar-refractivity contribution is -0.140. The van der Waals surface area contributed by atoms with Crippen LogP contribution in [0.5, 0.6) is 0 Å². The summed E-state index contributed by atoms with van der Waals surface area (Å²) in [5.74, 6) is 0.335. The maximum absolute atomic E-state index is 11.3. The number of thioether (sulfide) groups is 1. The number of methoxy groups -OCH3 is 1. The summed E-state index contributed by atoms with van der Waals surface area (Å²) in [4.78, 5) is 10.7. The first kappa shape index (κ1) is 14.7. The van der Waals surface area contributed by atoms with Gasteiger partial charge in [0.15, 0.2) is 0 Å². The maximum Gasteiger partial charge on any atom is 0.305 e. The van der Waals surface area contributed by atoms with E-state index in [1.54, 1.807) is 11.8 Å². The number of rotatable bonds is 8. The zero-order valence-corrected chi connectivity index (χ0v) is 10.6. The molecular formula is C8H17NO4S2. The van der Waals surface area contributed by atoms with Crippen LogP contribution in [0.3, 0.4) is 0 Å². The van der Waals surface area contributed by atoms with Crippen LogP contribution in [0.1, 0.15) is 12.8 Å². The molecule has 7 heteroatoms. The van der Waals surface area contributed by atoms with Gasteiger partial charge < -0.3 is 4.74 Å². The Hall–Kier alpha value is -0.270. The van der Waals surface area contributed by atoms with Crippen LogP contribution in [-0.2, 0) is 19.6 Å². The number of carbonyl (C=O) groups is 1. The monoisotopic (exact) mass is 255 g/mol. The lowest BCUT2D eigenvalue weighted by atomic mass is 10.3. The van der Waals surface area contributed by atoms with E-state index in [9.17, 15) is 13.2 Å². The number of carbonyl (C=O) groups excluding carboxylic acids is 1. The Bertz CT molecular complexity index is 276. The zero-order valence-electron chi connectivity index (χ0n) is 8.99. The molecular weight excluding hydrogens is 238 g/mol. The second-order valence-corrected chi connectivity index (χ2v) is 5.80. The fraction of sp³-hybridized carbons (Fsp3) is 0.875. The highest BCUT2D eigenvalue weighted by Gasteiger charge is 2.10. The van der Waals surface area contributed by atoms with Crippen LogP contribution >= 0.6 is 11.8 Å². The Balaban J connectivity index is 3.70. The summed E-state index contributed by atoms with van der Waals surface area (Å²) in [6.07, 6.45) is 2.34. The van der Waals surface area contributed by atoms with Gasteiger partial charge in [0.05, 0.1) is 12.9 Å². The lowest BCUT2D eigenvalue weighted by Gasteiger charge is -2.04. The second kappa shape index (κ2) is 7.95. The molecule has 0 saturated heterocycles. The minimum atomic E-state index is -3.23. The van der Waals surface area contributed by atoms with E-state index in [4.69, 9.17) is 0 Å². The van der Waals surface area contributed by atoms with Gasteiger partial charge in [-0.1, -0.05) is 0 Å². The quantitative estimate of drug-likeness (QED) is 0.496. The number of nitrogens with one attached hydrogen (secondary N) is 1. The fourth-order valence-corrected chi connectivity index (χ4v) is 2.40. The molecule has 5 nitrogen and oxygen atoms in total. The highest BCUT2D eigenvalue weighted by Crippen LogP contribution is 1.97. The summed E-state index contributed by atoms with van der Waals surface area (Å²) in [6.45, 7) is 0.432. The molecule has 0 rings (SSSR count). The van der Waals surface area contributed by atoms with Gasteiger partial charge in [-0.2, -0.15) is 11.8 Å². The Morgan fingerprint density at radius 2 is 2.13 bits per heavy atom. The molecule has 0 atom stereocenters. The number of hydrogen-bond acceptors (Lipinski definition) is 5. The van der Waals surface area contributed by atoms with E-state index in [0.717, 1.165) is 5.75 Å². The molecule has 0 saturated carbocycles. The number of esters is 1. The molecule has 0 aromatic heterocycles. The van der Waals surface area contributed by atoms with E-state index < -0.39 is 10.0 Å². The third-order valence-electron chi connectivity index (χ3n) is 1.65. The predicted octanol–water partition coefficient (Wildman–Crippen LogP) is 0.222. The smallest absolute Gasteiger partial charge is 0.305 e. The van der Waals surface area contributed by atoms with Crippen molar-refractivity contribution in [1.29, 1.82) is 0 Å². The first-order valence-corrected chi connectivity index (χ1v) is 7.59. The molecule has 0 aromatic carbocycles. The molecule has 0 heterocycles. The van der Waals surface area contributed by atoms with Crippen molar-refractivity contribution in [3.05, 3.63) is 0 Å². The van der Waals surface area contributed by atoms with Crippen molar-refractivity contribution in [2.75, 3.05) is 31.4 Å². The Morgan fingerprint density at radius 1 is 1.47 bits per heavy atom. The van der Waals surface area contributed by atoms with Crippen molar-refractivity contribution in [3.63, 3.8) is 0 Å². The van der Waals surface area contributed by atoms with Gasteiger partial charge in [-0.25, -0.2) is 13.1 Å². The zero-order chi connectivity index (χ0) is 11.7. The summed E-state index contributed by atoms with van der Waals surface area (Å²) in [7, 11) is -1.94. The topological polar surface area (TPSA) is 72.5 Å². The Labute approximate surface area is 95.0 Å². The van der Waals surface area contributed by atoms with Crippen LogP contribution in [0.4, 0.5) is 0 Å². The molecule has 1 N–H and O–H groups in total. The highest BCUT2D eigenvalue weighted by molar-refractivity contribution is 7.98. The van der Waals surface area contributed by atoms with Crippen molar-refractivity contribution >= 4 is 27.8 Å². The third kappa shape index (κ3) is 8.71. The van der Waals surface area contributed by atoms with E-state index in [0.29, 0.717) is 13.0 Å². The molecule has 0 aromatic rings. The highest BCUT2D eigenvalue weighted by atomic mass is 32.2. The normalized spacial score (nSPS) is 11.3. The van der Waals surface area contributed by atoms with Gasteiger partial charge in [0.1, 0.15) is 0 Å². The molecule has 0 spiro atoms. The van der Waals surface area contributed by atoms with Crippen molar-refractivity contribution < 1.29 is 17.9 Å². The van der Waals surface area contributed by atoms with Crippen LogP contribution in [-0.4, -0.2) is 45.8 Å². The average molecular weight is 255 g/mol. The minimum Gasteiger partial charge on any atom is -0.469 e. The van der Waals surface area contributed by atoms with Crippen molar-refractivity contribution in [1.82, 2.24) is 4.72 Å². The molecule has 0 aliphatic carbocycles. The van der Waals surface area contributed by atoms with Crippen LogP contribution in [0, 0.1) is 0 Å². The predicted molar refractivity (Wildman–Crippen MR) is 61.4 cm³/mol. The van der Waals surface area contributed by atoms with Crippen molar-refractivity contribution in [3.8, 4) is 0 Å². The van der Waals surface area contributed by atoms with Gasteiger partial charge in [0.25, 0.3) is 0 Å². The lowest BCUT2D eigenvalue weighted by Crippen LogP contribution is -2.28. The first-order valence-electron chi connectivity index (χ1n) is 4.55. The van der Waals surface area contributed by atoms with Crippen molar-refractivity contribution in [2.45, 2.75) is 12.8 Å². The molecule has 0 aliphatic rings. The summed E-state index contributed by atoms with van der Waals surface area (Å²) in [5.41, 5.74) is 0. The molecule has 0 aliphatic heterocycles. The fourth-order valence-electron chi connectivity index (χ4n) is 0.880. The van der Waals surface area contributed by atoms with Gasteiger partial charge in [0, 0.05) is 18.7 Å². The molecule has 0 amide bonds. The Kier molecular flexibility index (Phi) is 7.81. The molecule has 0 bridgehead atoms. The molecule has 0 unspecified atom stereocenters. The number of ether oxygens (including phenoxy) is 1. The minimum absolute atomic E-state index is 0.0313. The standard InChI is InChI=1S/C8H17NO4S2/c1-13-8(10)4-3-7-15(11,12)9-5-6-14-2/h9H,3-7H2,1-2H3. The van der Waals surface area contributed by atoms with E-state index >= 15 is 0 Å². The largest absolute Gasteiger partial charge is 0.469 e. The van der Waals surface area contributed by atoms with Gasteiger partial charge >= 0.3 is 5.97 Å². The second-order valence-electron chi connectivity index (χ2n) is 2.89. The van der Waals surface area contributed by atoms with E-state index in [1.165, 1.54) is 7.11 Å². The van der Waals surface area contributed by atoms with Gasteiger partial charge in [0.2, 0.25) is 10.0 Å².